The normalized spacial score (nSPS) is 14.5. The second-order valence-corrected chi connectivity index (χ2v) is 6.59. The highest BCUT2D eigenvalue weighted by molar-refractivity contribution is 6.22. The lowest BCUT2D eigenvalue weighted by atomic mass is 10.0. The number of carboxylic acid groups (broad SMARTS) is 1. The summed E-state index contributed by atoms with van der Waals surface area (Å²) in [4.78, 5) is 49.1. The number of esters is 1. The van der Waals surface area contributed by atoms with Crippen LogP contribution in [0.25, 0.3) is 0 Å². The number of unbranched alkanes of at least 4 members (excludes halogenated alkanes) is 2. The number of carbonyl (C=O) groups is 4. The van der Waals surface area contributed by atoms with Crippen LogP contribution in [0, 0.1) is 5.92 Å². The smallest absolute Gasteiger partial charge is 0.329 e. The van der Waals surface area contributed by atoms with E-state index in [4.69, 9.17) is 9.84 Å². The van der Waals surface area contributed by atoms with Crippen LogP contribution in [-0.4, -0.2) is 46.4 Å². The van der Waals surface area contributed by atoms with Gasteiger partial charge in [-0.05, 0) is 37.3 Å². The highest BCUT2D eigenvalue weighted by atomic mass is 16.5. The average Bonchev–Trinajstić information content (AvgIpc) is 2.83. The number of carboxylic acids is 1. The molecule has 2 amide bonds. The molecule has 0 bridgehead atoms. The van der Waals surface area contributed by atoms with Crippen LogP contribution < -0.4 is 0 Å². The van der Waals surface area contributed by atoms with Crippen molar-refractivity contribution in [2.75, 3.05) is 6.61 Å². The minimum atomic E-state index is -0.985. The number of nitrogens with zero attached hydrogens (tertiary/aromatic N) is 1. The van der Waals surface area contributed by atoms with Crippen LogP contribution in [-0.2, 0) is 14.3 Å². The van der Waals surface area contributed by atoms with Gasteiger partial charge in [-0.1, -0.05) is 26.0 Å². The molecule has 1 aliphatic heterocycles. The Kier molecular flexibility index (Phi) is 6.49. The maximum atomic E-state index is 12.6. The monoisotopic (exact) mass is 361 g/mol. The molecule has 1 N–H and O–H groups in total. The second kappa shape index (κ2) is 8.60. The Hall–Kier alpha value is -2.70. The Morgan fingerprint density at radius 2 is 1.62 bits per heavy atom. The molecule has 1 aromatic rings. The molecule has 7 heteroatoms. The molecule has 0 radical (unpaired) electrons. The Labute approximate surface area is 151 Å². The number of amides is 2. The molecule has 140 valence electrons. The lowest BCUT2D eigenvalue weighted by Gasteiger charge is -2.27. The van der Waals surface area contributed by atoms with E-state index in [1.807, 2.05) is 0 Å². The molecule has 0 saturated carbocycles. The fourth-order valence-electron chi connectivity index (χ4n) is 2.95. The molecule has 1 atom stereocenters. The molecule has 1 heterocycles. The van der Waals surface area contributed by atoms with Crippen molar-refractivity contribution >= 4 is 23.8 Å². The number of fused-ring (bicyclic) bond motifs is 1. The van der Waals surface area contributed by atoms with Crippen molar-refractivity contribution in [1.29, 1.82) is 0 Å². The highest BCUT2D eigenvalue weighted by Gasteiger charge is 2.44. The molecular weight excluding hydrogens is 338 g/mol. The van der Waals surface area contributed by atoms with E-state index in [9.17, 15) is 19.2 Å². The third-order valence-corrected chi connectivity index (χ3v) is 4.26. The van der Waals surface area contributed by atoms with Gasteiger partial charge in [0.2, 0.25) is 0 Å². The number of aliphatic carboxylic acids is 1. The number of rotatable bonds is 9. The van der Waals surface area contributed by atoms with Crippen molar-refractivity contribution in [3.63, 3.8) is 0 Å². The zero-order valence-electron chi connectivity index (χ0n) is 14.9. The Balaban J connectivity index is 1.99. The number of hydrogen-bond acceptors (Lipinski definition) is 5. The van der Waals surface area contributed by atoms with Gasteiger partial charge in [-0.3, -0.25) is 19.3 Å². The van der Waals surface area contributed by atoms with Crippen molar-refractivity contribution in [2.24, 2.45) is 5.92 Å². The van der Waals surface area contributed by atoms with E-state index >= 15 is 0 Å². The molecule has 0 fully saturated rings. The Morgan fingerprint density at radius 3 is 2.12 bits per heavy atom. The Morgan fingerprint density at radius 1 is 1.04 bits per heavy atom. The van der Waals surface area contributed by atoms with E-state index in [-0.39, 0.29) is 18.9 Å². The van der Waals surface area contributed by atoms with Crippen molar-refractivity contribution in [3.8, 4) is 0 Å². The van der Waals surface area contributed by atoms with Crippen LogP contribution in [0.1, 0.15) is 60.2 Å². The van der Waals surface area contributed by atoms with Crippen LogP contribution in [0.15, 0.2) is 24.3 Å². The van der Waals surface area contributed by atoms with Crippen molar-refractivity contribution < 1.29 is 29.0 Å². The van der Waals surface area contributed by atoms with Gasteiger partial charge < -0.3 is 9.84 Å². The summed E-state index contributed by atoms with van der Waals surface area (Å²) < 4.78 is 5.25. The zero-order valence-corrected chi connectivity index (χ0v) is 14.9. The molecule has 0 aromatic heterocycles. The van der Waals surface area contributed by atoms with E-state index in [1.165, 1.54) is 0 Å². The number of hydrogen-bond donors (Lipinski definition) is 1. The van der Waals surface area contributed by atoms with Crippen LogP contribution >= 0.6 is 0 Å². The van der Waals surface area contributed by atoms with Crippen molar-refractivity contribution in [3.05, 3.63) is 35.4 Å². The third kappa shape index (κ3) is 4.28. The van der Waals surface area contributed by atoms with Crippen LogP contribution in [0.5, 0.6) is 0 Å². The summed E-state index contributed by atoms with van der Waals surface area (Å²) in [6.45, 7) is 3.63. The van der Waals surface area contributed by atoms with Gasteiger partial charge in [0.1, 0.15) is 6.04 Å². The van der Waals surface area contributed by atoms with E-state index in [0.717, 1.165) is 4.90 Å². The van der Waals surface area contributed by atoms with E-state index in [2.05, 4.69) is 0 Å². The first-order chi connectivity index (χ1) is 12.3. The minimum Gasteiger partial charge on any atom is -0.481 e. The average molecular weight is 361 g/mol. The quantitative estimate of drug-likeness (QED) is 0.412. The molecular formula is C19H23NO6. The number of benzene rings is 1. The van der Waals surface area contributed by atoms with Gasteiger partial charge >= 0.3 is 11.9 Å². The maximum Gasteiger partial charge on any atom is 0.329 e. The van der Waals surface area contributed by atoms with Gasteiger partial charge in [0.25, 0.3) is 11.8 Å². The molecule has 1 aliphatic rings. The van der Waals surface area contributed by atoms with Crippen LogP contribution in [0.2, 0.25) is 0 Å². The third-order valence-electron chi connectivity index (χ3n) is 4.26. The molecule has 26 heavy (non-hydrogen) atoms. The highest BCUT2D eigenvalue weighted by Crippen LogP contribution is 2.27. The second-order valence-electron chi connectivity index (χ2n) is 6.59. The van der Waals surface area contributed by atoms with Crippen molar-refractivity contribution in [2.45, 2.75) is 45.6 Å². The van der Waals surface area contributed by atoms with Gasteiger partial charge in [-0.15, -0.1) is 0 Å². The van der Waals surface area contributed by atoms with Gasteiger partial charge in [-0.25, -0.2) is 4.79 Å². The summed E-state index contributed by atoms with van der Waals surface area (Å²) in [6.07, 6.45) is 1.75. The first kappa shape index (κ1) is 19.6. The zero-order chi connectivity index (χ0) is 19.3. The maximum absolute atomic E-state index is 12.6. The summed E-state index contributed by atoms with van der Waals surface area (Å²) in [5.41, 5.74) is 0.592. The topological polar surface area (TPSA) is 101 Å². The van der Waals surface area contributed by atoms with Gasteiger partial charge in [0, 0.05) is 6.42 Å². The predicted octanol–water partition coefficient (Wildman–Crippen LogP) is 2.50. The van der Waals surface area contributed by atoms with Crippen LogP contribution in [0.3, 0.4) is 0 Å². The first-order valence-corrected chi connectivity index (χ1v) is 8.70. The molecule has 0 unspecified atom stereocenters. The standard InChI is InChI=1S/C19H23NO6/c1-12(2)16(19(25)26-11-7-3-4-10-15(21)22)20-17(23)13-8-5-6-9-14(13)18(20)24/h5-6,8-9,12,16H,3-4,7,10-11H2,1-2H3,(H,21,22)/t16-/m0/s1. The first-order valence-electron chi connectivity index (χ1n) is 8.70. The minimum absolute atomic E-state index is 0.0810. The summed E-state index contributed by atoms with van der Waals surface area (Å²) in [5, 5.41) is 8.58. The molecule has 7 nitrogen and oxygen atoms in total. The molecule has 0 aliphatic carbocycles. The lowest BCUT2D eigenvalue weighted by Crippen LogP contribution is -2.48. The fourth-order valence-corrected chi connectivity index (χ4v) is 2.95. The number of carbonyl (C=O) groups excluding carboxylic acids is 3. The summed E-state index contributed by atoms with van der Waals surface area (Å²) in [5.74, 6) is -2.73. The largest absolute Gasteiger partial charge is 0.481 e. The van der Waals surface area contributed by atoms with Gasteiger partial charge in [0.05, 0.1) is 17.7 Å². The fraction of sp³-hybridized carbons (Fsp3) is 0.474. The molecule has 1 aromatic carbocycles. The summed E-state index contributed by atoms with van der Waals surface area (Å²) in [6, 6.07) is 5.50. The summed E-state index contributed by atoms with van der Waals surface area (Å²) in [7, 11) is 0. The number of imide groups is 1. The van der Waals surface area contributed by atoms with Crippen LogP contribution in [0.4, 0.5) is 0 Å². The molecule has 0 saturated heterocycles. The number of ether oxygens (including phenoxy) is 1. The lowest BCUT2D eigenvalue weighted by molar-refractivity contribution is -0.150. The molecule has 0 spiro atoms. The van der Waals surface area contributed by atoms with E-state index in [1.54, 1.807) is 38.1 Å². The Bertz CT molecular complexity index is 677. The van der Waals surface area contributed by atoms with E-state index < -0.39 is 29.8 Å². The summed E-state index contributed by atoms with van der Waals surface area (Å²) >= 11 is 0. The molecule has 2 rings (SSSR count). The van der Waals surface area contributed by atoms with Gasteiger partial charge in [-0.2, -0.15) is 0 Å². The SMILES string of the molecule is CC(C)[C@@H](C(=O)OCCCCCC(=O)O)N1C(=O)c2ccccc2C1=O. The van der Waals surface area contributed by atoms with Gasteiger partial charge in [0.15, 0.2) is 0 Å². The van der Waals surface area contributed by atoms with Crippen molar-refractivity contribution in [1.82, 2.24) is 4.90 Å². The van der Waals surface area contributed by atoms with E-state index in [0.29, 0.717) is 30.4 Å². The predicted molar refractivity (Wildman–Crippen MR) is 92.6 cm³/mol.